The topological polar surface area (TPSA) is 28.4 Å². The highest BCUT2D eigenvalue weighted by Gasteiger charge is 2.28. The van der Waals surface area contributed by atoms with Gasteiger partial charge >= 0.3 is 0 Å². The Kier molecular flexibility index (Phi) is 2.24. The molecule has 1 unspecified atom stereocenters. The van der Waals surface area contributed by atoms with Gasteiger partial charge in [-0.2, -0.15) is 0 Å². The van der Waals surface area contributed by atoms with Crippen molar-refractivity contribution in [3.05, 3.63) is 41.9 Å². The highest BCUT2D eigenvalue weighted by Crippen LogP contribution is 2.32. The lowest BCUT2D eigenvalue weighted by Crippen LogP contribution is -2.34. The summed E-state index contributed by atoms with van der Waals surface area (Å²) < 4.78 is 5.49. The smallest absolute Gasteiger partial charge is 0.199 e. The molecule has 0 aromatic carbocycles. The Morgan fingerprint density at radius 1 is 1.56 bits per heavy atom. The van der Waals surface area contributed by atoms with Gasteiger partial charge in [-0.1, -0.05) is 6.92 Å². The summed E-state index contributed by atoms with van der Waals surface area (Å²) in [5, 5.41) is 3.42. The minimum absolute atomic E-state index is 0.446. The molecule has 3 nitrogen and oxygen atoms in total. The highest BCUT2D eigenvalue weighted by molar-refractivity contribution is 5.51. The molecule has 3 rings (SSSR count). The van der Waals surface area contributed by atoms with Gasteiger partial charge in [-0.25, -0.2) is 0 Å². The Labute approximate surface area is 95.4 Å². The van der Waals surface area contributed by atoms with E-state index in [0.717, 1.165) is 25.3 Å². The summed E-state index contributed by atoms with van der Waals surface area (Å²) in [4.78, 5) is 2.23. The molecule has 84 valence electrons. The van der Waals surface area contributed by atoms with E-state index in [2.05, 4.69) is 29.4 Å². The number of furan rings is 1. The first-order chi connectivity index (χ1) is 7.90. The van der Waals surface area contributed by atoms with Crippen LogP contribution < -0.4 is 10.2 Å². The van der Waals surface area contributed by atoms with Gasteiger partial charge in [0.25, 0.3) is 0 Å². The number of hydrogen-bond donors (Lipinski definition) is 1. The van der Waals surface area contributed by atoms with Crippen LogP contribution in [-0.4, -0.2) is 12.6 Å². The van der Waals surface area contributed by atoms with Crippen molar-refractivity contribution in [2.75, 3.05) is 11.4 Å². The fourth-order valence-electron chi connectivity index (χ4n) is 2.61. The maximum absolute atomic E-state index is 5.49. The molecule has 3 heteroatoms. The van der Waals surface area contributed by atoms with Crippen LogP contribution in [-0.2, 0) is 0 Å². The zero-order valence-corrected chi connectivity index (χ0v) is 9.44. The summed E-state index contributed by atoms with van der Waals surface area (Å²) in [6, 6.07) is 4.40. The second kappa shape index (κ2) is 3.74. The summed E-state index contributed by atoms with van der Waals surface area (Å²) in [5.74, 6) is 0.932. The van der Waals surface area contributed by atoms with Gasteiger partial charge in [-0.3, -0.25) is 0 Å². The molecule has 2 aliphatic heterocycles. The van der Waals surface area contributed by atoms with Crippen molar-refractivity contribution >= 4 is 5.88 Å². The molecule has 16 heavy (non-hydrogen) atoms. The van der Waals surface area contributed by atoms with E-state index in [1.165, 1.54) is 11.3 Å². The van der Waals surface area contributed by atoms with E-state index in [9.17, 15) is 0 Å². The number of nitrogens with one attached hydrogen (secondary N) is 1. The molecular weight excluding hydrogens is 200 g/mol. The first-order valence-corrected chi connectivity index (χ1v) is 5.87. The normalized spacial score (nSPS) is 23.6. The third kappa shape index (κ3) is 1.35. The third-order valence-corrected chi connectivity index (χ3v) is 3.34. The average Bonchev–Trinajstić information content (AvgIpc) is 2.97. The molecule has 1 atom stereocenters. The Balaban J connectivity index is 1.95. The van der Waals surface area contributed by atoms with E-state index in [-0.39, 0.29) is 0 Å². The lowest BCUT2D eigenvalue weighted by molar-refractivity contribution is 0.536. The average molecular weight is 216 g/mol. The number of rotatable bonds is 2. The zero-order valence-electron chi connectivity index (χ0n) is 9.44. The van der Waals surface area contributed by atoms with Crippen molar-refractivity contribution in [3.63, 3.8) is 0 Å². The second-order valence-electron chi connectivity index (χ2n) is 4.21. The van der Waals surface area contributed by atoms with Crippen LogP contribution in [0, 0.1) is 0 Å². The Morgan fingerprint density at radius 2 is 2.50 bits per heavy atom. The quantitative estimate of drug-likeness (QED) is 0.823. The molecule has 1 N–H and O–H groups in total. The van der Waals surface area contributed by atoms with E-state index in [1.54, 1.807) is 6.26 Å². The summed E-state index contributed by atoms with van der Waals surface area (Å²) in [6.45, 7) is 3.29. The summed E-state index contributed by atoms with van der Waals surface area (Å²) in [7, 11) is 0. The largest absolute Gasteiger partial charge is 0.448 e. The first kappa shape index (κ1) is 9.58. The summed E-state index contributed by atoms with van der Waals surface area (Å²) in [5.41, 5.74) is 2.83. The van der Waals surface area contributed by atoms with Crippen molar-refractivity contribution in [2.45, 2.75) is 25.8 Å². The minimum Gasteiger partial charge on any atom is -0.448 e. The molecule has 0 aliphatic carbocycles. The third-order valence-electron chi connectivity index (χ3n) is 3.34. The molecule has 1 aromatic heterocycles. The lowest BCUT2D eigenvalue weighted by Gasteiger charge is -2.31. The van der Waals surface area contributed by atoms with E-state index in [0.29, 0.717) is 6.04 Å². The highest BCUT2D eigenvalue weighted by atomic mass is 16.3. The van der Waals surface area contributed by atoms with Crippen LogP contribution in [0.25, 0.3) is 0 Å². The van der Waals surface area contributed by atoms with Crippen LogP contribution in [0.5, 0.6) is 0 Å². The molecule has 0 bridgehead atoms. The van der Waals surface area contributed by atoms with Crippen LogP contribution in [0.4, 0.5) is 5.88 Å². The Morgan fingerprint density at radius 3 is 3.25 bits per heavy atom. The van der Waals surface area contributed by atoms with Crippen LogP contribution >= 0.6 is 0 Å². The van der Waals surface area contributed by atoms with Gasteiger partial charge in [-0.05, 0) is 30.6 Å². The summed E-state index contributed by atoms with van der Waals surface area (Å²) >= 11 is 0. The molecule has 2 aliphatic rings. The van der Waals surface area contributed by atoms with Gasteiger partial charge < -0.3 is 14.6 Å². The van der Waals surface area contributed by atoms with Crippen LogP contribution in [0.2, 0.25) is 0 Å². The van der Waals surface area contributed by atoms with Crippen molar-refractivity contribution in [3.8, 4) is 0 Å². The van der Waals surface area contributed by atoms with Gasteiger partial charge in [0.15, 0.2) is 5.88 Å². The van der Waals surface area contributed by atoms with Crippen molar-refractivity contribution in [2.24, 2.45) is 0 Å². The van der Waals surface area contributed by atoms with Gasteiger partial charge in [0, 0.05) is 24.5 Å². The molecule has 0 fully saturated rings. The van der Waals surface area contributed by atoms with Crippen molar-refractivity contribution in [1.82, 2.24) is 5.32 Å². The molecule has 0 spiro atoms. The number of allylic oxidation sites excluding steroid dienone is 1. The maximum Gasteiger partial charge on any atom is 0.199 e. The van der Waals surface area contributed by atoms with Gasteiger partial charge in [0.05, 0.1) is 12.3 Å². The van der Waals surface area contributed by atoms with E-state index >= 15 is 0 Å². The van der Waals surface area contributed by atoms with Gasteiger partial charge in [0.2, 0.25) is 0 Å². The van der Waals surface area contributed by atoms with Crippen LogP contribution in [0.15, 0.2) is 46.4 Å². The minimum atomic E-state index is 0.446. The first-order valence-electron chi connectivity index (χ1n) is 5.87. The molecule has 0 saturated heterocycles. The monoisotopic (exact) mass is 216 g/mol. The van der Waals surface area contributed by atoms with Gasteiger partial charge in [-0.15, -0.1) is 0 Å². The van der Waals surface area contributed by atoms with Crippen LogP contribution in [0.3, 0.4) is 0 Å². The standard InChI is InChI=1S/C13H16N2O/c1-2-12-10-5-7-14-11(10)6-8-15(12)13-4-3-9-16-13/h3-4,6,8-9,12,14H,2,5,7H2,1H3. The molecule has 0 saturated carbocycles. The van der Waals surface area contributed by atoms with Crippen LogP contribution in [0.1, 0.15) is 19.8 Å². The summed E-state index contributed by atoms with van der Waals surface area (Å²) in [6.07, 6.45) is 8.24. The maximum atomic E-state index is 5.49. The van der Waals surface area contributed by atoms with E-state index < -0.39 is 0 Å². The lowest BCUT2D eigenvalue weighted by atomic mass is 9.97. The number of anilines is 1. The fraction of sp³-hybridized carbons (Fsp3) is 0.385. The predicted octanol–water partition coefficient (Wildman–Crippen LogP) is 2.64. The molecule has 0 radical (unpaired) electrons. The molecule has 0 amide bonds. The van der Waals surface area contributed by atoms with Crippen molar-refractivity contribution in [1.29, 1.82) is 0 Å². The van der Waals surface area contributed by atoms with E-state index in [4.69, 9.17) is 4.42 Å². The van der Waals surface area contributed by atoms with Gasteiger partial charge in [0.1, 0.15) is 0 Å². The fourth-order valence-corrected chi connectivity index (χ4v) is 2.61. The zero-order chi connectivity index (χ0) is 11.0. The number of nitrogens with zero attached hydrogens (tertiary/aromatic N) is 1. The Bertz CT molecular complexity index is 431. The predicted molar refractivity (Wildman–Crippen MR) is 64.1 cm³/mol. The molecular formula is C13H16N2O. The number of hydrogen-bond acceptors (Lipinski definition) is 3. The SMILES string of the molecule is CCC1C2=C(C=CN1c1ccco1)NCC2. The second-order valence-corrected chi connectivity index (χ2v) is 4.21. The molecule has 3 heterocycles. The molecule has 1 aromatic rings. The van der Waals surface area contributed by atoms with Crippen molar-refractivity contribution < 1.29 is 4.42 Å². The van der Waals surface area contributed by atoms with E-state index in [1.807, 2.05) is 12.1 Å². The Hall–Kier alpha value is -1.64.